The second-order valence-corrected chi connectivity index (χ2v) is 5.42. The number of phenolic OH excluding ortho intramolecular Hbond substituents is 1. The summed E-state index contributed by atoms with van der Waals surface area (Å²) >= 11 is 3.36. The van der Waals surface area contributed by atoms with Gasteiger partial charge in [-0.1, -0.05) is 34.1 Å². The van der Waals surface area contributed by atoms with Gasteiger partial charge in [0.25, 0.3) is 0 Å². The number of amides is 2. The SMILES string of the molecule is Cc1ccc(O)c(NC(=O)N/C=C/c2ccc(Br)cc2)c1. The largest absolute Gasteiger partial charge is 0.506 e. The topological polar surface area (TPSA) is 61.4 Å². The molecule has 21 heavy (non-hydrogen) atoms. The highest BCUT2D eigenvalue weighted by Crippen LogP contribution is 2.23. The Morgan fingerprint density at radius 2 is 1.90 bits per heavy atom. The first kappa shape index (κ1) is 15.1. The predicted octanol–water partition coefficient (Wildman–Crippen LogP) is 4.26. The van der Waals surface area contributed by atoms with Crippen molar-refractivity contribution in [3.05, 3.63) is 64.3 Å². The number of carbonyl (C=O) groups is 1. The van der Waals surface area contributed by atoms with E-state index >= 15 is 0 Å². The number of benzene rings is 2. The lowest BCUT2D eigenvalue weighted by atomic mass is 10.2. The van der Waals surface area contributed by atoms with Crippen LogP contribution in [0.5, 0.6) is 5.75 Å². The Labute approximate surface area is 131 Å². The van der Waals surface area contributed by atoms with Crippen LogP contribution in [0.3, 0.4) is 0 Å². The molecule has 0 unspecified atom stereocenters. The van der Waals surface area contributed by atoms with Gasteiger partial charge < -0.3 is 15.7 Å². The number of aromatic hydroxyl groups is 1. The minimum atomic E-state index is -0.413. The lowest BCUT2D eigenvalue weighted by molar-refractivity contribution is 0.255. The van der Waals surface area contributed by atoms with Crippen molar-refractivity contribution in [2.24, 2.45) is 0 Å². The average molecular weight is 347 g/mol. The minimum Gasteiger partial charge on any atom is -0.506 e. The lowest BCUT2D eigenvalue weighted by Crippen LogP contribution is -2.23. The zero-order chi connectivity index (χ0) is 15.2. The summed E-state index contributed by atoms with van der Waals surface area (Å²) in [5, 5.41) is 14.8. The van der Waals surface area contributed by atoms with Gasteiger partial charge in [0, 0.05) is 10.7 Å². The third-order valence-electron chi connectivity index (χ3n) is 2.76. The molecule has 0 heterocycles. The molecule has 0 spiro atoms. The lowest BCUT2D eigenvalue weighted by Gasteiger charge is -2.07. The third kappa shape index (κ3) is 4.65. The van der Waals surface area contributed by atoms with Crippen LogP contribution in [0.1, 0.15) is 11.1 Å². The Morgan fingerprint density at radius 1 is 1.19 bits per heavy atom. The maximum Gasteiger partial charge on any atom is 0.323 e. The van der Waals surface area contributed by atoms with Crippen molar-refractivity contribution < 1.29 is 9.90 Å². The number of rotatable bonds is 3. The van der Waals surface area contributed by atoms with Crippen molar-refractivity contribution in [1.29, 1.82) is 0 Å². The predicted molar refractivity (Wildman–Crippen MR) is 88.2 cm³/mol. The molecule has 0 radical (unpaired) electrons. The van der Waals surface area contributed by atoms with Crippen molar-refractivity contribution in [1.82, 2.24) is 5.32 Å². The molecule has 3 N–H and O–H groups in total. The molecule has 0 aliphatic carbocycles. The molecular formula is C16H15BrN2O2. The van der Waals surface area contributed by atoms with Crippen molar-refractivity contribution in [3.8, 4) is 5.75 Å². The fraction of sp³-hybridized carbons (Fsp3) is 0.0625. The van der Waals surface area contributed by atoms with Gasteiger partial charge in [-0.25, -0.2) is 4.79 Å². The maximum atomic E-state index is 11.7. The molecule has 5 heteroatoms. The standard InChI is InChI=1S/C16H15BrN2O2/c1-11-2-7-15(20)14(10-11)19-16(21)18-9-8-12-3-5-13(17)6-4-12/h2-10,20H,1H3,(H2,18,19,21)/b9-8+. The average Bonchev–Trinajstić information content (AvgIpc) is 2.45. The Morgan fingerprint density at radius 3 is 2.62 bits per heavy atom. The van der Waals surface area contributed by atoms with E-state index in [0.29, 0.717) is 5.69 Å². The van der Waals surface area contributed by atoms with Gasteiger partial charge in [-0.3, -0.25) is 0 Å². The number of carbonyl (C=O) groups excluding carboxylic acids is 1. The van der Waals surface area contributed by atoms with Gasteiger partial charge in [0.05, 0.1) is 5.69 Å². The van der Waals surface area contributed by atoms with Crippen LogP contribution in [0, 0.1) is 6.92 Å². The van der Waals surface area contributed by atoms with E-state index < -0.39 is 6.03 Å². The molecule has 2 aromatic rings. The number of anilines is 1. The molecule has 0 aliphatic rings. The summed E-state index contributed by atoms with van der Waals surface area (Å²) in [5.74, 6) is 0.0349. The van der Waals surface area contributed by atoms with Gasteiger partial charge in [0.1, 0.15) is 5.75 Å². The summed E-state index contributed by atoms with van der Waals surface area (Å²) in [6.07, 6.45) is 3.33. The van der Waals surface area contributed by atoms with Crippen LogP contribution >= 0.6 is 15.9 Å². The van der Waals surface area contributed by atoms with Gasteiger partial charge in [-0.15, -0.1) is 0 Å². The number of hydrogen-bond donors (Lipinski definition) is 3. The van der Waals surface area contributed by atoms with Crippen LogP contribution in [-0.2, 0) is 0 Å². The monoisotopic (exact) mass is 346 g/mol. The summed E-state index contributed by atoms with van der Waals surface area (Å²) < 4.78 is 1.00. The second-order valence-electron chi connectivity index (χ2n) is 4.50. The number of aryl methyl sites for hydroxylation is 1. The Hall–Kier alpha value is -2.27. The quantitative estimate of drug-likeness (QED) is 0.727. The van der Waals surface area contributed by atoms with Gasteiger partial charge in [-0.2, -0.15) is 0 Å². The van der Waals surface area contributed by atoms with Gasteiger partial charge in [-0.05, 0) is 48.4 Å². The summed E-state index contributed by atoms with van der Waals surface area (Å²) in [7, 11) is 0. The molecule has 0 aliphatic heterocycles. The van der Waals surface area contributed by atoms with E-state index in [4.69, 9.17) is 0 Å². The fourth-order valence-electron chi connectivity index (χ4n) is 1.70. The minimum absolute atomic E-state index is 0.0349. The molecule has 2 rings (SSSR count). The molecule has 0 bridgehead atoms. The van der Waals surface area contributed by atoms with E-state index in [9.17, 15) is 9.90 Å². The van der Waals surface area contributed by atoms with Crippen molar-refractivity contribution >= 4 is 33.7 Å². The Bertz CT molecular complexity index is 666. The summed E-state index contributed by atoms with van der Waals surface area (Å²) in [6, 6.07) is 12.3. The van der Waals surface area contributed by atoms with E-state index in [-0.39, 0.29) is 5.75 Å². The highest BCUT2D eigenvalue weighted by molar-refractivity contribution is 9.10. The molecule has 2 aromatic carbocycles. The molecular weight excluding hydrogens is 332 g/mol. The van der Waals surface area contributed by atoms with E-state index in [1.807, 2.05) is 31.2 Å². The molecule has 0 saturated carbocycles. The zero-order valence-corrected chi connectivity index (χ0v) is 13.0. The first-order valence-electron chi connectivity index (χ1n) is 6.34. The number of halogens is 1. The fourth-order valence-corrected chi connectivity index (χ4v) is 1.96. The van der Waals surface area contributed by atoms with Crippen molar-refractivity contribution in [3.63, 3.8) is 0 Å². The van der Waals surface area contributed by atoms with Gasteiger partial charge in [0.15, 0.2) is 0 Å². The number of hydrogen-bond acceptors (Lipinski definition) is 2. The summed E-state index contributed by atoms with van der Waals surface area (Å²) in [4.78, 5) is 11.7. The molecule has 108 valence electrons. The van der Waals surface area contributed by atoms with Crippen LogP contribution in [0.2, 0.25) is 0 Å². The molecule has 4 nitrogen and oxygen atoms in total. The number of urea groups is 1. The van der Waals surface area contributed by atoms with E-state index in [0.717, 1.165) is 15.6 Å². The highest BCUT2D eigenvalue weighted by Gasteiger charge is 2.04. The molecule has 0 fully saturated rings. The number of nitrogens with one attached hydrogen (secondary N) is 2. The zero-order valence-electron chi connectivity index (χ0n) is 11.4. The van der Waals surface area contributed by atoms with Gasteiger partial charge in [0.2, 0.25) is 0 Å². The maximum absolute atomic E-state index is 11.7. The molecule has 0 atom stereocenters. The Balaban J connectivity index is 1.93. The summed E-state index contributed by atoms with van der Waals surface area (Å²) in [5.41, 5.74) is 2.30. The van der Waals surface area contributed by atoms with Crippen LogP contribution in [-0.4, -0.2) is 11.1 Å². The normalized spacial score (nSPS) is 10.6. The van der Waals surface area contributed by atoms with E-state index in [1.54, 1.807) is 30.5 Å². The van der Waals surface area contributed by atoms with Crippen LogP contribution in [0.25, 0.3) is 6.08 Å². The number of phenols is 1. The van der Waals surface area contributed by atoms with E-state index in [2.05, 4.69) is 26.6 Å². The van der Waals surface area contributed by atoms with Crippen LogP contribution < -0.4 is 10.6 Å². The van der Waals surface area contributed by atoms with Crippen molar-refractivity contribution in [2.75, 3.05) is 5.32 Å². The molecule has 2 amide bonds. The van der Waals surface area contributed by atoms with Crippen LogP contribution in [0.15, 0.2) is 53.1 Å². The van der Waals surface area contributed by atoms with Crippen LogP contribution in [0.4, 0.5) is 10.5 Å². The molecule has 0 aromatic heterocycles. The third-order valence-corrected chi connectivity index (χ3v) is 3.29. The Kier molecular flexibility index (Phi) is 5.00. The first-order valence-corrected chi connectivity index (χ1v) is 7.13. The van der Waals surface area contributed by atoms with Crippen molar-refractivity contribution in [2.45, 2.75) is 6.92 Å². The summed E-state index contributed by atoms with van der Waals surface area (Å²) in [6.45, 7) is 1.88. The van der Waals surface area contributed by atoms with Gasteiger partial charge >= 0.3 is 6.03 Å². The molecule has 0 saturated heterocycles. The van der Waals surface area contributed by atoms with E-state index in [1.165, 1.54) is 0 Å². The second kappa shape index (κ2) is 6.95. The first-order chi connectivity index (χ1) is 10.0. The highest BCUT2D eigenvalue weighted by atomic mass is 79.9. The smallest absolute Gasteiger partial charge is 0.323 e.